The number of hydrogen-bond acceptors (Lipinski definition) is 18. The van der Waals surface area contributed by atoms with Crippen molar-refractivity contribution in [3.8, 4) is 69.6 Å². The van der Waals surface area contributed by atoms with E-state index in [4.69, 9.17) is 28.4 Å². The van der Waals surface area contributed by atoms with Crippen LogP contribution in [0.3, 0.4) is 0 Å². The minimum absolute atomic E-state index is 0.0639. The first kappa shape index (κ1) is 104. The number of likely N-dealkylation sites (N-methyl/N-ethyl adjacent to an activating group) is 4. The summed E-state index contributed by atoms with van der Waals surface area (Å²) in [6, 6.07) is 78.0. The molecule has 14 nitrogen and oxygen atoms in total. The van der Waals surface area contributed by atoms with Crippen molar-refractivity contribution in [2.24, 2.45) is 0 Å². The standard InChI is InChI=1S/C63H72N2O8S2.C57H60N2O2S2/c1-5-64(33-35-66)53-17-7-49(8-18-53)11-21-55-25-27-57(74-55)23-13-51-15-29-59-60-30-16-52(14-24-58-28-26-56(75-58)22-12-50-9-19-54(20-10-50)65(6-2)34-36-67)48-62(60)63(61(59)47-51,31-37-70-43-45-72-41-39-68-3)32-38-71-44-46-73-42-40-69-4;1-5-9-35-57(36-10-6-2)55-41-45(17-27-51-31-29-49(62-51)25-15-43-11-21-47(22-12-43)58(7-3)37-39-60)19-33-53(55)54-34-20-46(42-56(54)57)18-28-52-32-30-50(63-52)26-16-44-13-23-48(24-14-44)59(8-4)38-40-61/h7-12,15-22,25-30,47-48,66-67H,5-6,31-46H2,1-4H3;11-16,19-26,29-34,41-42,60-61H,5-10,35-40H2,1-4H3/b21-11+,22-12+;25-15+,26-16+. The number of benzene rings is 8. The molecule has 0 saturated heterocycles. The second-order valence-electron chi connectivity index (χ2n) is 34.1. The molecule has 2 aliphatic carbocycles. The zero-order chi connectivity index (χ0) is 96.5. The molecule has 18 heteroatoms. The fraction of sp³-hybridized carbons (Fsp3) is 0.333. The van der Waals surface area contributed by atoms with Crippen molar-refractivity contribution in [3.63, 3.8) is 0 Å². The van der Waals surface area contributed by atoms with Crippen LogP contribution in [0.4, 0.5) is 22.7 Å². The summed E-state index contributed by atoms with van der Waals surface area (Å²) in [6.45, 7) is 24.6. The van der Waals surface area contributed by atoms with E-state index in [0.717, 1.165) is 161 Å². The van der Waals surface area contributed by atoms with E-state index in [9.17, 15) is 20.4 Å². The van der Waals surface area contributed by atoms with Gasteiger partial charge in [-0.25, -0.2) is 0 Å². The first-order chi connectivity index (χ1) is 67.8. The lowest BCUT2D eigenvalue weighted by Crippen LogP contribution is -2.30. The van der Waals surface area contributed by atoms with Crippen LogP contribution in [0.2, 0.25) is 0 Å². The third-order valence-corrected chi connectivity index (χ3v) is 29.1. The first-order valence-corrected chi connectivity index (χ1v) is 52.0. The quantitative estimate of drug-likeness (QED) is 0.0212. The van der Waals surface area contributed by atoms with Gasteiger partial charge < -0.3 is 68.4 Å². The fourth-order valence-corrected chi connectivity index (χ4v) is 20.9. The van der Waals surface area contributed by atoms with E-state index < -0.39 is 5.41 Å². The van der Waals surface area contributed by atoms with Gasteiger partial charge in [0.05, 0.1) is 98.8 Å². The Hall–Kier alpha value is -11.4. The summed E-state index contributed by atoms with van der Waals surface area (Å²) in [5.41, 5.74) is 22.8. The third-order valence-electron chi connectivity index (χ3n) is 25.2. The van der Waals surface area contributed by atoms with E-state index in [2.05, 4.69) is 376 Å². The highest BCUT2D eigenvalue weighted by molar-refractivity contribution is 7.14. The number of ether oxygens (including phenoxy) is 6. The molecule has 8 aromatic carbocycles. The van der Waals surface area contributed by atoms with Crippen molar-refractivity contribution >= 4 is 117 Å². The number of methoxy groups -OCH3 is 2. The molecule has 0 spiro atoms. The highest BCUT2D eigenvalue weighted by Gasteiger charge is 2.44. The monoisotopic (exact) mass is 1920 g/mol. The van der Waals surface area contributed by atoms with Gasteiger partial charge in [-0.05, 0) is 290 Å². The van der Waals surface area contributed by atoms with Gasteiger partial charge in [0.15, 0.2) is 0 Å². The third kappa shape index (κ3) is 28.9. The minimum atomic E-state index is -0.451. The normalized spacial score (nSPS) is 12.4. The van der Waals surface area contributed by atoms with E-state index in [1.165, 1.54) is 67.1 Å². The summed E-state index contributed by atoms with van der Waals surface area (Å²) in [4.78, 5) is 17.4. The Labute approximate surface area is 835 Å². The maximum Gasteiger partial charge on any atom is 0.0778 e. The Morgan fingerprint density at radius 1 is 0.268 bits per heavy atom. The second kappa shape index (κ2) is 54.8. The highest BCUT2D eigenvalue weighted by Crippen LogP contribution is 2.56. The number of fused-ring (bicyclic) bond motifs is 6. The van der Waals surface area contributed by atoms with Crippen molar-refractivity contribution in [1.82, 2.24) is 0 Å². The molecule has 0 bridgehead atoms. The molecule has 0 fully saturated rings. The van der Waals surface area contributed by atoms with Crippen LogP contribution in [0.1, 0.15) is 199 Å². The smallest absolute Gasteiger partial charge is 0.0778 e. The van der Waals surface area contributed by atoms with E-state index in [0.29, 0.717) is 92.2 Å². The molecule has 0 unspecified atom stereocenters. The number of anilines is 4. The van der Waals surface area contributed by atoms with E-state index >= 15 is 0 Å². The topological polar surface area (TPSA) is 149 Å². The number of hydrogen-bond donors (Lipinski definition) is 4. The highest BCUT2D eigenvalue weighted by atomic mass is 32.1. The van der Waals surface area contributed by atoms with Crippen LogP contribution >= 0.6 is 45.3 Å². The van der Waals surface area contributed by atoms with Crippen LogP contribution in [-0.2, 0) is 39.3 Å². The molecule has 12 aromatic rings. The molecule has 0 saturated carbocycles. The van der Waals surface area contributed by atoms with Crippen molar-refractivity contribution < 1.29 is 48.8 Å². The summed E-state index contributed by atoms with van der Waals surface area (Å²) in [7, 11) is 3.35. The number of unbranched alkanes of at least 4 members (excludes halogenated alkanes) is 2. The number of rotatable bonds is 48. The molecular formula is C120H132N4O10S4. The first-order valence-electron chi connectivity index (χ1n) is 48.7. The molecule has 0 amide bonds. The van der Waals surface area contributed by atoms with Crippen molar-refractivity contribution in [1.29, 1.82) is 0 Å². The Morgan fingerprint density at radius 3 is 0.739 bits per heavy atom. The van der Waals surface area contributed by atoms with Gasteiger partial charge in [0.1, 0.15) is 0 Å². The molecule has 4 N–H and O–H groups in total. The summed E-state index contributed by atoms with van der Waals surface area (Å²) in [6.07, 6.45) is 25.5. The summed E-state index contributed by atoms with van der Waals surface area (Å²) in [5.74, 6) is 28.1. The average molecular weight is 1920 g/mol. The zero-order valence-electron chi connectivity index (χ0n) is 81.3. The Kier molecular flexibility index (Phi) is 41.3. The molecule has 14 rings (SSSR count). The van der Waals surface area contributed by atoms with Crippen LogP contribution in [0.5, 0.6) is 0 Å². The van der Waals surface area contributed by atoms with Gasteiger partial charge in [-0.1, -0.05) is 184 Å². The molecule has 2 aliphatic rings. The fourth-order valence-electron chi connectivity index (χ4n) is 17.8. The number of thiophene rings is 4. The maximum atomic E-state index is 9.44. The van der Waals surface area contributed by atoms with Crippen molar-refractivity contribution in [3.05, 3.63) is 324 Å². The lowest BCUT2D eigenvalue weighted by molar-refractivity contribution is 0.0145. The largest absolute Gasteiger partial charge is 0.395 e. The lowest BCUT2D eigenvalue weighted by Gasteiger charge is -2.33. The zero-order valence-corrected chi connectivity index (χ0v) is 84.5. The van der Waals surface area contributed by atoms with Gasteiger partial charge in [-0.3, -0.25) is 0 Å². The molecule has 138 heavy (non-hydrogen) atoms. The Morgan fingerprint density at radius 2 is 0.507 bits per heavy atom. The summed E-state index contributed by atoms with van der Waals surface area (Å²) < 4.78 is 34.4. The number of nitrogens with zero attached hydrogens (tertiary/aromatic N) is 4. The minimum Gasteiger partial charge on any atom is -0.395 e. The molecule has 4 aromatic heterocycles. The van der Waals surface area contributed by atoms with Crippen molar-refractivity contribution in [2.45, 2.75) is 104 Å². The second-order valence-corrected chi connectivity index (χ2v) is 38.5. The van der Waals surface area contributed by atoms with Gasteiger partial charge in [0, 0.05) is 155 Å². The predicted octanol–water partition coefficient (Wildman–Crippen LogP) is 24.2. The Bertz CT molecular complexity index is 5870. The SMILES string of the molecule is CCCCC1(CCCC)c2cc(C#Cc3ccc(/C=C/c4ccc(N(CC)CCO)cc4)s3)ccc2-c2ccc(C#Cc3ccc(/C=C/c4ccc(N(CC)CCO)cc4)s3)cc21.CCN(CCO)c1ccc(/C=C/c2ccc(C#Cc3ccc4c(c3)C(CCOCCOCCOC)(CCOCCOCCOC)c3cc(C#Cc5ccc(/C=C/c6ccc(N(CC)CCO)cc6)s5)ccc3-4)s2)cc1. The van der Waals surface area contributed by atoms with Gasteiger partial charge >= 0.3 is 0 Å². The summed E-state index contributed by atoms with van der Waals surface area (Å²) in [5, 5.41) is 37.6. The molecular weight excluding hydrogens is 1790 g/mol. The van der Waals surface area contributed by atoms with E-state index in [1.807, 2.05) is 0 Å². The van der Waals surface area contributed by atoms with Crippen molar-refractivity contribution in [2.75, 3.05) is 179 Å². The molecule has 0 aliphatic heterocycles. The maximum absolute atomic E-state index is 9.44. The lowest BCUT2D eigenvalue weighted by atomic mass is 9.70. The van der Waals surface area contributed by atoms with Crippen LogP contribution in [0.15, 0.2) is 218 Å². The van der Waals surface area contributed by atoms with Crippen LogP contribution in [0, 0.1) is 47.4 Å². The number of aliphatic hydroxyl groups is 4. The van der Waals surface area contributed by atoms with E-state index in [1.54, 1.807) is 59.6 Å². The van der Waals surface area contributed by atoms with Crippen LogP contribution < -0.4 is 19.6 Å². The van der Waals surface area contributed by atoms with Crippen LogP contribution in [0.25, 0.3) is 70.9 Å². The van der Waals surface area contributed by atoms with Gasteiger partial charge in [-0.15, -0.1) is 45.3 Å². The van der Waals surface area contributed by atoms with Crippen LogP contribution in [-0.4, -0.2) is 180 Å². The molecule has 0 atom stereocenters. The Balaban J connectivity index is 0.000000236. The molecule has 716 valence electrons. The molecule has 4 heterocycles. The summed E-state index contributed by atoms with van der Waals surface area (Å²) >= 11 is 6.78. The van der Waals surface area contributed by atoms with Gasteiger partial charge in [-0.2, -0.15) is 0 Å². The number of aliphatic hydroxyl groups excluding tert-OH is 4. The predicted molar refractivity (Wildman–Crippen MR) is 583 cm³/mol. The van der Waals surface area contributed by atoms with E-state index in [-0.39, 0.29) is 31.8 Å². The van der Waals surface area contributed by atoms with Gasteiger partial charge in [0.25, 0.3) is 0 Å². The average Bonchev–Trinajstić information content (AvgIpc) is 1.57. The molecule has 0 radical (unpaired) electrons. The van der Waals surface area contributed by atoms with Gasteiger partial charge in [0.2, 0.25) is 0 Å².